The van der Waals surface area contributed by atoms with Crippen LogP contribution in [0.25, 0.3) is 0 Å². The number of carbonyl (C=O) groups is 2. The maximum Gasteiger partial charge on any atom is 0.315 e. The molecule has 2 amide bonds. The summed E-state index contributed by atoms with van der Waals surface area (Å²) < 4.78 is 0. The topological polar surface area (TPSA) is 78.4 Å². The van der Waals surface area contributed by atoms with Crippen molar-refractivity contribution < 1.29 is 14.7 Å². The minimum Gasteiger partial charge on any atom is -0.481 e. The lowest BCUT2D eigenvalue weighted by Gasteiger charge is -2.12. The Morgan fingerprint density at radius 3 is 2.56 bits per heavy atom. The van der Waals surface area contributed by atoms with E-state index in [-0.39, 0.29) is 17.5 Å². The highest BCUT2D eigenvalue weighted by Gasteiger charge is 2.38. The Hall–Kier alpha value is -1.26. The van der Waals surface area contributed by atoms with Crippen molar-refractivity contribution >= 4 is 12.0 Å². The number of carbonyl (C=O) groups excluding carboxylic acids is 1. The molecule has 0 saturated heterocycles. The normalized spacial score (nSPS) is 18.6. The molecule has 0 aromatic rings. The summed E-state index contributed by atoms with van der Waals surface area (Å²) in [7, 11) is 0. The third-order valence-electron chi connectivity index (χ3n) is 2.94. The summed E-state index contributed by atoms with van der Waals surface area (Å²) in [5.74, 6) is -1.12. The van der Waals surface area contributed by atoms with Crippen molar-refractivity contribution in [1.29, 1.82) is 0 Å². The summed E-state index contributed by atoms with van der Waals surface area (Å²) in [4.78, 5) is 21.9. The molecule has 0 spiro atoms. The maximum absolute atomic E-state index is 11.3. The zero-order valence-electron chi connectivity index (χ0n) is 9.88. The molecular formula is C11H20N2O3. The summed E-state index contributed by atoms with van der Waals surface area (Å²) in [5, 5.41) is 14.3. The van der Waals surface area contributed by atoms with E-state index in [0.29, 0.717) is 19.4 Å². The predicted molar refractivity (Wildman–Crippen MR) is 60.2 cm³/mol. The van der Waals surface area contributed by atoms with Crippen LogP contribution in [0, 0.1) is 5.92 Å². The van der Waals surface area contributed by atoms with Crippen molar-refractivity contribution in [2.75, 3.05) is 6.54 Å². The second kappa shape index (κ2) is 5.18. The Labute approximate surface area is 95.6 Å². The van der Waals surface area contributed by atoms with E-state index in [1.54, 1.807) is 6.92 Å². The SMILES string of the molecule is CC(CCCNC(=O)NC1(C)CC1)C(=O)O. The van der Waals surface area contributed by atoms with E-state index in [1.807, 2.05) is 6.92 Å². The average Bonchev–Trinajstić information content (AvgIpc) is 2.90. The highest BCUT2D eigenvalue weighted by molar-refractivity contribution is 5.75. The molecule has 1 unspecified atom stereocenters. The van der Waals surface area contributed by atoms with Gasteiger partial charge in [-0.15, -0.1) is 0 Å². The third-order valence-corrected chi connectivity index (χ3v) is 2.94. The summed E-state index contributed by atoms with van der Waals surface area (Å²) in [6.45, 7) is 4.21. The zero-order chi connectivity index (χ0) is 12.2. The first-order valence-electron chi connectivity index (χ1n) is 5.72. The molecule has 0 aromatic heterocycles. The van der Waals surface area contributed by atoms with E-state index >= 15 is 0 Å². The summed E-state index contributed by atoms with van der Waals surface area (Å²) in [6, 6.07) is -0.150. The third kappa shape index (κ3) is 4.51. The van der Waals surface area contributed by atoms with Crippen LogP contribution in [0.2, 0.25) is 0 Å². The predicted octanol–water partition coefficient (Wildman–Crippen LogP) is 1.34. The number of carboxylic acid groups (broad SMARTS) is 1. The van der Waals surface area contributed by atoms with E-state index in [4.69, 9.17) is 5.11 Å². The van der Waals surface area contributed by atoms with Crippen molar-refractivity contribution in [3.8, 4) is 0 Å². The molecule has 0 heterocycles. The van der Waals surface area contributed by atoms with Crippen LogP contribution in [0.1, 0.15) is 39.5 Å². The smallest absolute Gasteiger partial charge is 0.315 e. The molecule has 5 nitrogen and oxygen atoms in total. The Bertz CT molecular complexity index is 274. The average molecular weight is 228 g/mol. The van der Waals surface area contributed by atoms with Gasteiger partial charge in [-0.25, -0.2) is 4.79 Å². The van der Waals surface area contributed by atoms with Crippen LogP contribution in [0.15, 0.2) is 0 Å². The lowest BCUT2D eigenvalue weighted by Crippen LogP contribution is -2.42. The lowest BCUT2D eigenvalue weighted by atomic mass is 10.1. The number of rotatable bonds is 6. The van der Waals surface area contributed by atoms with E-state index < -0.39 is 5.97 Å². The van der Waals surface area contributed by atoms with E-state index in [2.05, 4.69) is 10.6 Å². The van der Waals surface area contributed by atoms with Crippen molar-refractivity contribution in [1.82, 2.24) is 10.6 Å². The molecule has 1 atom stereocenters. The number of amides is 2. The Kier molecular flexibility index (Phi) is 4.15. The molecule has 1 aliphatic rings. The van der Waals surface area contributed by atoms with Crippen LogP contribution in [0.5, 0.6) is 0 Å². The fraction of sp³-hybridized carbons (Fsp3) is 0.818. The van der Waals surface area contributed by atoms with Gasteiger partial charge in [0, 0.05) is 12.1 Å². The molecule has 92 valence electrons. The minimum absolute atomic E-state index is 0.00155. The number of carboxylic acids is 1. The van der Waals surface area contributed by atoms with Gasteiger partial charge >= 0.3 is 12.0 Å². The van der Waals surface area contributed by atoms with E-state index in [0.717, 1.165) is 12.8 Å². The quantitative estimate of drug-likeness (QED) is 0.600. The Balaban J connectivity index is 2.02. The minimum atomic E-state index is -0.782. The number of urea groups is 1. The first-order chi connectivity index (χ1) is 7.43. The Morgan fingerprint density at radius 2 is 2.06 bits per heavy atom. The number of nitrogens with one attached hydrogen (secondary N) is 2. The molecule has 0 radical (unpaired) electrons. The van der Waals surface area contributed by atoms with Gasteiger partial charge in [0.1, 0.15) is 0 Å². The summed E-state index contributed by atoms with van der Waals surface area (Å²) in [5.41, 5.74) is -0.00155. The van der Waals surface area contributed by atoms with Gasteiger partial charge in [0.25, 0.3) is 0 Å². The molecule has 0 aromatic carbocycles. The van der Waals surface area contributed by atoms with Crippen LogP contribution in [0.4, 0.5) is 4.79 Å². The van der Waals surface area contributed by atoms with E-state index in [9.17, 15) is 9.59 Å². The molecule has 16 heavy (non-hydrogen) atoms. The molecule has 1 aliphatic carbocycles. The molecule has 0 aliphatic heterocycles. The van der Waals surface area contributed by atoms with Gasteiger partial charge in [-0.3, -0.25) is 4.79 Å². The molecule has 3 N–H and O–H groups in total. The number of aliphatic carboxylic acids is 1. The molecule has 1 fully saturated rings. The summed E-state index contributed by atoms with van der Waals surface area (Å²) >= 11 is 0. The molecule has 1 rings (SSSR count). The van der Waals surface area contributed by atoms with Gasteiger partial charge in [0.05, 0.1) is 5.92 Å². The van der Waals surface area contributed by atoms with Crippen molar-refractivity contribution in [3.63, 3.8) is 0 Å². The fourth-order valence-corrected chi connectivity index (χ4v) is 1.36. The first kappa shape index (κ1) is 12.8. The lowest BCUT2D eigenvalue weighted by molar-refractivity contribution is -0.141. The van der Waals surface area contributed by atoms with Gasteiger partial charge in [0.15, 0.2) is 0 Å². The van der Waals surface area contributed by atoms with Crippen molar-refractivity contribution in [3.05, 3.63) is 0 Å². The van der Waals surface area contributed by atoms with E-state index in [1.165, 1.54) is 0 Å². The number of hydrogen-bond acceptors (Lipinski definition) is 2. The van der Waals surface area contributed by atoms with Crippen LogP contribution in [0.3, 0.4) is 0 Å². The molecule has 0 bridgehead atoms. The van der Waals surface area contributed by atoms with Crippen molar-refractivity contribution in [2.45, 2.75) is 45.1 Å². The van der Waals surface area contributed by atoms with Crippen LogP contribution in [-0.2, 0) is 4.79 Å². The zero-order valence-corrected chi connectivity index (χ0v) is 9.88. The van der Waals surface area contributed by atoms with Crippen LogP contribution >= 0.6 is 0 Å². The highest BCUT2D eigenvalue weighted by atomic mass is 16.4. The number of hydrogen-bond donors (Lipinski definition) is 3. The molecular weight excluding hydrogens is 208 g/mol. The van der Waals surface area contributed by atoms with Gasteiger partial charge in [-0.1, -0.05) is 6.92 Å². The summed E-state index contributed by atoms with van der Waals surface area (Å²) in [6.07, 6.45) is 3.36. The van der Waals surface area contributed by atoms with Gasteiger partial charge in [0.2, 0.25) is 0 Å². The first-order valence-corrected chi connectivity index (χ1v) is 5.72. The Morgan fingerprint density at radius 1 is 1.44 bits per heavy atom. The van der Waals surface area contributed by atoms with Crippen LogP contribution < -0.4 is 10.6 Å². The van der Waals surface area contributed by atoms with Crippen molar-refractivity contribution in [2.24, 2.45) is 5.92 Å². The second-order valence-electron chi connectivity index (χ2n) is 4.82. The maximum atomic E-state index is 11.3. The fourth-order valence-electron chi connectivity index (χ4n) is 1.36. The van der Waals surface area contributed by atoms with Gasteiger partial charge < -0.3 is 15.7 Å². The molecule has 1 saturated carbocycles. The largest absolute Gasteiger partial charge is 0.481 e. The highest BCUT2D eigenvalue weighted by Crippen LogP contribution is 2.33. The van der Waals surface area contributed by atoms with Gasteiger partial charge in [-0.05, 0) is 32.6 Å². The second-order valence-corrected chi connectivity index (χ2v) is 4.82. The standard InChI is InChI=1S/C11H20N2O3/c1-8(9(14)15)4-3-7-12-10(16)13-11(2)5-6-11/h8H,3-7H2,1-2H3,(H,14,15)(H2,12,13,16). The monoisotopic (exact) mass is 228 g/mol. The molecule has 5 heteroatoms. The van der Waals surface area contributed by atoms with Crippen LogP contribution in [-0.4, -0.2) is 29.2 Å². The van der Waals surface area contributed by atoms with Gasteiger partial charge in [-0.2, -0.15) is 0 Å².